The second-order valence-electron chi connectivity index (χ2n) is 5.49. The van der Waals surface area contributed by atoms with Gasteiger partial charge in [-0.2, -0.15) is 0 Å². The second-order valence-corrected chi connectivity index (χ2v) is 5.93. The minimum Gasteiger partial charge on any atom is -0.459 e. The van der Waals surface area contributed by atoms with Crippen molar-refractivity contribution in [1.29, 1.82) is 0 Å². The molecule has 0 atom stereocenters. The Labute approximate surface area is 135 Å². The van der Waals surface area contributed by atoms with E-state index in [0.29, 0.717) is 5.76 Å². The fraction of sp³-hybridized carbons (Fsp3) is 0.353. The predicted octanol–water partition coefficient (Wildman–Crippen LogP) is 2.93. The highest BCUT2D eigenvalue weighted by atomic mass is 35.5. The van der Waals surface area contributed by atoms with Crippen molar-refractivity contribution in [2.24, 2.45) is 0 Å². The van der Waals surface area contributed by atoms with Crippen LogP contribution in [0.4, 0.5) is 0 Å². The minimum atomic E-state index is -0.0144. The van der Waals surface area contributed by atoms with Crippen LogP contribution in [0, 0.1) is 0 Å². The fourth-order valence-corrected chi connectivity index (χ4v) is 2.92. The van der Waals surface area contributed by atoms with Gasteiger partial charge >= 0.3 is 0 Å². The molecule has 3 rings (SSSR count). The maximum absolute atomic E-state index is 12.2. The van der Waals surface area contributed by atoms with Gasteiger partial charge in [-0.05, 0) is 36.2 Å². The number of benzene rings is 1. The standard InChI is InChI=1S/C17H19ClN2O2/c18-15-4-1-3-14(13-15)6-7-19-8-10-20(11-9-19)17(21)16-5-2-12-22-16/h1-5,12-13H,6-11H2. The summed E-state index contributed by atoms with van der Waals surface area (Å²) < 4.78 is 5.17. The van der Waals surface area contributed by atoms with Crippen LogP contribution in [0.2, 0.25) is 5.02 Å². The molecule has 2 aromatic rings. The van der Waals surface area contributed by atoms with Crippen LogP contribution in [0.1, 0.15) is 16.1 Å². The zero-order valence-electron chi connectivity index (χ0n) is 12.4. The van der Waals surface area contributed by atoms with E-state index >= 15 is 0 Å². The van der Waals surface area contributed by atoms with Crippen LogP contribution >= 0.6 is 11.6 Å². The average molecular weight is 319 g/mol. The molecular weight excluding hydrogens is 300 g/mol. The molecule has 0 bridgehead atoms. The van der Waals surface area contributed by atoms with Gasteiger partial charge in [0, 0.05) is 37.7 Å². The first-order valence-electron chi connectivity index (χ1n) is 7.52. The van der Waals surface area contributed by atoms with Crippen LogP contribution in [0.3, 0.4) is 0 Å². The maximum Gasteiger partial charge on any atom is 0.289 e. The van der Waals surface area contributed by atoms with Crippen LogP contribution in [-0.4, -0.2) is 48.4 Å². The summed E-state index contributed by atoms with van der Waals surface area (Å²) in [6.45, 7) is 4.27. The SMILES string of the molecule is O=C(c1ccco1)N1CCN(CCc2cccc(Cl)c2)CC1. The van der Waals surface area contributed by atoms with Gasteiger partial charge in [-0.25, -0.2) is 0 Å². The monoisotopic (exact) mass is 318 g/mol. The van der Waals surface area contributed by atoms with Crippen LogP contribution in [0.15, 0.2) is 47.1 Å². The normalized spacial score (nSPS) is 16.0. The van der Waals surface area contributed by atoms with Crippen LogP contribution < -0.4 is 0 Å². The molecule has 0 saturated carbocycles. The van der Waals surface area contributed by atoms with Gasteiger partial charge in [0.1, 0.15) is 0 Å². The van der Waals surface area contributed by atoms with Gasteiger partial charge in [0.05, 0.1) is 6.26 Å². The molecule has 1 aromatic heterocycles. The van der Waals surface area contributed by atoms with E-state index in [1.807, 2.05) is 23.1 Å². The number of carbonyl (C=O) groups is 1. The summed E-state index contributed by atoms with van der Waals surface area (Å²) in [5.41, 5.74) is 1.25. The molecule has 22 heavy (non-hydrogen) atoms. The second kappa shape index (κ2) is 6.99. The van der Waals surface area contributed by atoms with Gasteiger partial charge in [0.2, 0.25) is 0 Å². The van der Waals surface area contributed by atoms with Crippen molar-refractivity contribution in [3.05, 3.63) is 59.0 Å². The molecule has 0 unspecified atom stereocenters. The van der Waals surface area contributed by atoms with Gasteiger partial charge in [0.25, 0.3) is 5.91 Å². The third-order valence-electron chi connectivity index (χ3n) is 4.00. The van der Waals surface area contributed by atoms with Crippen LogP contribution in [-0.2, 0) is 6.42 Å². The Bertz CT molecular complexity index is 619. The number of piperazine rings is 1. The Morgan fingerprint density at radius 1 is 1.14 bits per heavy atom. The number of carbonyl (C=O) groups excluding carboxylic acids is 1. The van der Waals surface area contributed by atoms with Crippen molar-refractivity contribution in [3.63, 3.8) is 0 Å². The topological polar surface area (TPSA) is 36.7 Å². The highest BCUT2D eigenvalue weighted by Gasteiger charge is 2.23. The molecule has 1 aliphatic rings. The summed E-state index contributed by atoms with van der Waals surface area (Å²) in [6.07, 6.45) is 2.52. The number of rotatable bonds is 4. The summed E-state index contributed by atoms with van der Waals surface area (Å²) >= 11 is 6.00. The molecule has 5 heteroatoms. The smallest absolute Gasteiger partial charge is 0.289 e. The maximum atomic E-state index is 12.2. The number of nitrogens with zero attached hydrogens (tertiary/aromatic N) is 2. The third-order valence-corrected chi connectivity index (χ3v) is 4.23. The highest BCUT2D eigenvalue weighted by Crippen LogP contribution is 2.13. The molecule has 0 N–H and O–H groups in total. The van der Waals surface area contributed by atoms with E-state index in [0.717, 1.165) is 44.2 Å². The zero-order chi connectivity index (χ0) is 15.4. The van der Waals surface area contributed by atoms with E-state index < -0.39 is 0 Å². The van der Waals surface area contributed by atoms with E-state index in [-0.39, 0.29) is 5.91 Å². The van der Waals surface area contributed by atoms with Gasteiger partial charge in [0.15, 0.2) is 5.76 Å². The zero-order valence-corrected chi connectivity index (χ0v) is 13.1. The van der Waals surface area contributed by atoms with Crippen molar-refractivity contribution >= 4 is 17.5 Å². The molecular formula is C17H19ClN2O2. The first-order chi connectivity index (χ1) is 10.7. The average Bonchev–Trinajstić information content (AvgIpc) is 3.07. The Morgan fingerprint density at radius 2 is 1.95 bits per heavy atom. The van der Waals surface area contributed by atoms with Crippen molar-refractivity contribution in [1.82, 2.24) is 9.80 Å². The number of hydrogen-bond donors (Lipinski definition) is 0. The largest absolute Gasteiger partial charge is 0.459 e. The molecule has 1 aromatic carbocycles. The lowest BCUT2D eigenvalue weighted by molar-refractivity contribution is 0.0607. The molecule has 116 valence electrons. The van der Waals surface area contributed by atoms with E-state index in [1.54, 1.807) is 12.1 Å². The van der Waals surface area contributed by atoms with Gasteiger partial charge < -0.3 is 9.32 Å². The van der Waals surface area contributed by atoms with Crippen molar-refractivity contribution < 1.29 is 9.21 Å². The highest BCUT2D eigenvalue weighted by molar-refractivity contribution is 6.30. The summed E-state index contributed by atoms with van der Waals surface area (Å²) in [4.78, 5) is 16.4. The third kappa shape index (κ3) is 3.70. The molecule has 2 heterocycles. The first kappa shape index (κ1) is 15.1. The molecule has 1 fully saturated rings. The molecule has 0 aliphatic carbocycles. The lowest BCUT2D eigenvalue weighted by Gasteiger charge is -2.34. The van der Waals surface area contributed by atoms with E-state index in [2.05, 4.69) is 11.0 Å². The number of amides is 1. The van der Waals surface area contributed by atoms with E-state index in [9.17, 15) is 4.79 Å². The Hall–Kier alpha value is -1.78. The molecule has 0 spiro atoms. The van der Waals surface area contributed by atoms with Crippen LogP contribution in [0.5, 0.6) is 0 Å². The predicted molar refractivity (Wildman–Crippen MR) is 86.2 cm³/mol. The summed E-state index contributed by atoms with van der Waals surface area (Å²) in [5.74, 6) is 0.409. The first-order valence-corrected chi connectivity index (χ1v) is 7.90. The fourth-order valence-electron chi connectivity index (χ4n) is 2.71. The van der Waals surface area contributed by atoms with Crippen molar-refractivity contribution in [2.45, 2.75) is 6.42 Å². The van der Waals surface area contributed by atoms with Crippen molar-refractivity contribution in [2.75, 3.05) is 32.7 Å². The van der Waals surface area contributed by atoms with Crippen LogP contribution in [0.25, 0.3) is 0 Å². The lowest BCUT2D eigenvalue weighted by atomic mass is 10.1. The number of furan rings is 1. The summed E-state index contributed by atoms with van der Waals surface area (Å²) in [7, 11) is 0. The minimum absolute atomic E-state index is 0.0144. The van der Waals surface area contributed by atoms with E-state index in [4.69, 9.17) is 16.0 Å². The summed E-state index contributed by atoms with van der Waals surface area (Å²) in [6, 6.07) is 11.4. The molecule has 0 radical (unpaired) electrons. The molecule has 4 nitrogen and oxygen atoms in total. The van der Waals surface area contributed by atoms with Gasteiger partial charge in [-0.15, -0.1) is 0 Å². The Morgan fingerprint density at radius 3 is 2.64 bits per heavy atom. The quantitative estimate of drug-likeness (QED) is 0.869. The number of hydrogen-bond acceptors (Lipinski definition) is 3. The van der Waals surface area contributed by atoms with Gasteiger partial charge in [-0.3, -0.25) is 9.69 Å². The molecule has 1 saturated heterocycles. The van der Waals surface area contributed by atoms with Gasteiger partial charge in [-0.1, -0.05) is 23.7 Å². The Kier molecular flexibility index (Phi) is 4.80. The lowest BCUT2D eigenvalue weighted by Crippen LogP contribution is -2.49. The van der Waals surface area contributed by atoms with E-state index in [1.165, 1.54) is 11.8 Å². The molecule has 1 aliphatic heterocycles. The number of halogens is 1. The molecule has 1 amide bonds. The summed E-state index contributed by atoms with van der Waals surface area (Å²) in [5, 5.41) is 0.784. The Balaban J connectivity index is 1.47. The van der Waals surface area contributed by atoms with Crippen molar-refractivity contribution in [3.8, 4) is 0 Å².